The van der Waals surface area contributed by atoms with Gasteiger partial charge in [-0.1, -0.05) is 42.5 Å². The maximum Gasteiger partial charge on any atom is 0.258 e. The molecule has 1 aliphatic heterocycles. The minimum Gasteiger partial charge on any atom is -0.484 e. The molecule has 5 nitrogen and oxygen atoms in total. The average Bonchev–Trinajstić information content (AvgIpc) is 3.29. The number of carbonyl (C=O) groups is 1. The number of hydrogen-bond donors (Lipinski definition) is 1. The Kier molecular flexibility index (Phi) is 5.87. The van der Waals surface area contributed by atoms with Gasteiger partial charge in [-0.2, -0.15) is 0 Å². The van der Waals surface area contributed by atoms with Gasteiger partial charge in [0.2, 0.25) is 0 Å². The molecule has 28 heavy (non-hydrogen) atoms. The van der Waals surface area contributed by atoms with Crippen LogP contribution >= 0.6 is 11.3 Å². The number of rotatable bonds is 6. The van der Waals surface area contributed by atoms with Gasteiger partial charge in [0.1, 0.15) is 5.75 Å². The highest BCUT2D eigenvalue weighted by Crippen LogP contribution is 2.23. The first-order valence-electron chi connectivity index (χ1n) is 9.50. The molecule has 0 saturated carbocycles. The van der Waals surface area contributed by atoms with Crippen LogP contribution in [0.5, 0.6) is 5.75 Å². The summed E-state index contributed by atoms with van der Waals surface area (Å²) in [5.41, 5.74) is 2.29. The lowest BCUT2D eigenvalue weighted by Crippen LogP contribution is -2.46. The number of benzene rings is 2. The minimum absolute atomic E-state index is 0.0391. The van der Waals surface area contributed by atoms with E-state index in [4.69, 9.17) is 4.74 Å². The van der Waals surface area contributed by atoms with Crippen LogP contribution in [-0.4, -0.2) is 36.6 Å². The topological polar surface area (TPSA) is 54.5 Å². The van der Waals surface area contributed by atoms with Gasteiger partial charge in [0.05, 0.1) is 0 Å². The molecule has 0 aliphatic carbocycles. The number of carbonyl (C=O) groups excluding carboxylic acids is 1. The van der Waals surface area contributed by atoms with Gasteiger partial charge in [-0.05, 0) is 36.1 Å². The van der Waals surface area contributed by atoms with Crippen molar-refractivity contribution in [3.05, 3.63) is 66.2 Å². The van der Waals surface area contributed by atoms with E-state index in [9.17, 15) is 4.79 Å². The smallest absolute Gasteiger partial charge is 0.258 e. The number of nitrogens with one attached hydrogen (secondary N) is 1. The predicted octanol–water partition coefficient (Wildman–Crippen LogP) is 3.97. The third kappa shape index (κ3) is 4.70. The van der Waals surface area contributed by atoms with Crippen LogP contribution in [0.2, 0.25) is 0 Å². The Morgan fingerprint density at radius 1 is 1.07 bits per heavy atom. The molecule has 1 amide bonds. The fourth-order valence-electron chi connectivity index (χ4n) is 3.38. The second kappa shape index (κ2) is 8.89. The van der Waals surface area contributed by atoms with Crippen molar-refractivity contribution in [2.45, 2.75) is 18.9 Å². The monoisotopic (exact) mass is 393 g/mol. The predicted molar refractivity (Wildman–Crippen MR) is 113 cm³/mol. The molecule has 0 unspecified atom stereocenters. The van der Waals surface area contributed by atoms with Gasteiger partial charge >= 0.3 is 0 Å². The summed E-state index contributed by atoms with van der Waals surface area (Å²) in [5.74, 6) is 0.633. The molecule has 0 atom stereocenters. The normalized spacial score (nSPS) is 14.6. The number of aromatic nitrogens is 1. The first kappa shape index (κ1) is 18.5. The Morgan fingerprint density at radius 2 is 1.79 bits per heavy atom. The van der Waals surface area contributed by atoms with Crippen molar-refractivity contribution >= 4 is 22.4 Å². The summed E-state index contributed by atoms with van der Waals surface area (Å²) in [6.07, 6.45) is 3.69. The molecule has 6 heteroatoms. The molecule has 1 aromatic heterocycles. The van der Waals surface area contributed by atoms with E-state index in [1.165, 1.54) is 0 Å². The molecule has 0 spiro atoms. The van der Waals surface area contributed by atoms with E-state index in [2.05, 4.69) is 27.3 Å². The van der Waals surface area contributed by atoms with E-state index in [0.717, 1.165) is 42.2 Å². The summed E-state index contributed by atoms with van der Waals surface area (Å²) in [7, 11) is 0. The first-order chi connectivity index (χ1) is 13.8. The summed E-state index contributed by atoms with van der Waals surface area (Å²) >= 11 is 1.66. The SMILES string of the molecule is O=C(COc1ccc(-c2ccccc2)cc1)NC1CCN(c2nccs2)CC1. The quantitative estimate of drug-likeness (QED) is 0.688. The summed E-state index contributed by atoms with van der Waals surface area (Å²) in [6.45, 7) is 1.87. The van der Waals surface area contributed by atoms with E-state index >= 15 is 0 Å². The number of thiazole rings is 1. The fourth-order valence-corrected chi connectivity index (χ4v) is 4.08. The van der Waals surface area contributed by atoms with Crippen molar-refractivity contribution in [1.29, 1.82) is 0 Å². The molecule has 0 bridgehead atoms. The van der Waals surface area contributed by atoms with Crippen molar-refractivity contribution in [2.24, 2.45) is 0 Å². The lowest BCUT2D eigenvalue weighted by atomic mass is 10.1. The van der Waals surface area contributed by atoms with E-state index in [-0.39, 0.29) is 18.6 Å². The number of hydrogen-bond acceptors (Lipinski definition) is 5. The van der Waals surface area contributed by atoms with Gasteiger partial charge < -0.3 is 15.0 Å². The third-order valence-electron chi connectivity index (χ3n) is 4.88. The number of ether oxygens (including phenoxy) is 1. The third-order valence-corrected chi connectivity index (χ3v) is 5.71. The van der Waals surface area contributed by atoms with Crippen molar-refractivity contribution < 1.29 is 9.53 Å². The maximum atomic E-state index is 12.2. The summed E-state index contributed by atoms with van der Waals surface area (Å²) in [6, 6.07) is 18.2. The molecule has 1 fully saturated rings. The molecule has 4 rings (SSSR count). The summed E-state index contributed by atoms with van der Waals surface area (Å²) in [5, 5.41) is 6.14. The first-order valence-corrected chi connectivity index (χ1v) is 10.4. The van der Waals surface area contributed by atoms with Gasteiger partial charge in [0, 0.05) is 30.7 Å². The zero-order valence-electron chi connectivity index (χ0n) is 15.6. The van der Waals surface area contributed by atoms with Gasteiger partial charge in [-0.25, -0.2) is 4.98 Å². The molecule has 2 aromatic carbocycles. The van der Waals surface area contributed by atoms with E-state index in [1.54, 1.807) is 11.3 Å². The van der Waals surface area contributed by atoms with Crippen LogP contribution in [0, 0.1) is 0 Å². The lowest BCUT2D eigenvalue weighted by molar-refractivity contribution is -0.123. The van der Waals surface area contributed by atoms with Crippen LogP contribution in [0.4, 0.5) is 5.13 Å². The minimum atomic E-state index is -0.0696. The maximum absolute atomic E-state index is 12.2. The molecule has 1 aliphatic rings. The highest BCUT2D eigenvalue weighted by atomic mass is 32.1. The van der Waals surface area contributed by atoms with Crippen molar-refractivity contribution in [1.82, 2.24) is 10.3 Å². The zero-order chi connectivity index (χ0) is 19.2. The van der Waals surface area contributed by atoms with E-state index in [0.29, 0.717) is 5.75 Å². The molecule has 144 valence electrons. The molecule has 2 heterocycles. The average molecular weight is 394 g/mol. The molecule has 1 N–H and O–H groups in total. The standard InChI is InChI=1S/C22H23N3O2S/c26-21(24-19-10-13-25(14-11-19)22-23-12-15-28-22)16-27-20-8-6-18(7-9-20)17-4-2-1-3-5-17/h1-9,12,15,19H,10-11,13-14,16H2,(H,24,26). The van der Waals surface area contributed by atoms with Crippen molar-refractivity contribution in [3.63, 3.8) is 0 Å². The van der Waals surface area contributed by atoms with Crippen molar-refractivity contribution in [2.75, 3.05) is 24.6 Å². The highest BCUT2D eigenvalue weighted by Gasteiger charge is 2.22. The second-order valence-electron chi connectivity index (χ2n) is 6.82. The molecule has 0 radical (unpaired) electrons. The molecular formula is C22H23N3O2S. The molecule has 1 saturated heterocycles. The van der Waals surface area contributed by atoms with Gasteiger partial charge in [-0.15, -0.1) is 11.3 Å². The van der Waals surface area contributed by atoms with E-state index < -0.39 is 0 Å². The Balaban J connectivity index is 1.22. The fraction of sp³-hybridized carbons (Fsp3) is 0.273. The van der Waals surface area contributed by atoms with Gasteiger partial charge in [0.25, 0.3) is 5.91 Å². The van der Waals surface area contributed by atoms with E-state index in [1.807, 2.05) is 54.0 Å². The Labute approximate surface area is 169 Å². The highest BCUT2D eigenvalue weighted by molar-refractivity contribution is 7.13. The Hall–Kier alpha value is -2.86. The molecular weight excluding hydrogens is 370 g/mol. The Bertz CT molecular complexity index is 874. The summed E-state index contributed by atoms with van der Waals surface area (Å²) < 4.78 is 5.65. The van der Waals surface area contributed by atoms with Crippen LogP contribution in [0.1, 0.15) is 12.8 Å². The number of anilines is 1. The van der Waals surface area contributed by atoms with Crippen LogP contribution in [0.15, 0.2) is 66.2 Å². The lowest BCUT2D eigenvalue weighted by Gasteiger charge is -2.32. The largest absolute Gasteiger partial charge is 0.484 e. The van der Waals surface area contributed by atoms with Crippen molar-refractivity contribution in [3.8, 4) is 16.9 Å². The van der Waals surface area contributed by atoms with Gasteiger partial charge in [0.15, 0.2) is 11.7 Å². The zero-order valence-corrected chi connectivity index (χ0v) is 16.4. The van der Waals surface area contributed by atoms with Crippen LogP contribution < -0.4 is 15.0 Å². The number of nitrogens with zero attached hydrogens (tertiary/aromatic N) is 2. The molecule has 3 aromatic rings. The van der Waals surface area contributed by atoms with Crippen LogP contribution in [-0.2, 0) is 4.79 Å². The van der Waals surface area contributed by atoms with Crippen LogP contribution in [0.25, 0.3) is 11.1 Å². The van der Waals surface area contributed by atoms with Crippen LogP contribution in [0.3, 0.4) is 0 Å². The Morgan fingerprint density at radius 3 is 2.46 bits per heavy atom. The summed E-state index contributed by atoms with van der Waals surface area (Å²) in [4.78, 5) is 18.9. The van der Waals surface area contributed by atoms with Gasteiger partial charge in [-0.3, -0.25) is 4.79 Å². The second-order valence-corrected chi connectivity index (χ2v) is 7.70. The number of amides is 1. The number of piperidine rings is 1.